The van der Waals surface area contributed by atoms with Crippen LogP contribution in [-0.4, -0.2) is 55.2 Å². The summed E-state index contributed by atoms with van der Waals surface area (Å²) in [6.07, 6.45) is 6.27. The van der Waals surface area contributed by atoms with Crippen LogP contribution in [0.15, 0.2) is 11.6 Å². The fourth-order valence-electron chi connectivity index (χ4n) is 3.76. The van der Waals surface area contributed by atoms with E-state index in [0.29, 0.717) is 11.8 Å². The number of hydrogen-bond acceptors (Lipinski definition) is 5. The Morgan fingerprint density at radius 2 is 2.27 bits per heavy atom. The van der Waals surface area contributed by atoms with Gasteiger partial charge in [-0.3, -0.25) is 4.79 Å². The molecule has 0 radical (unpaired) electrons. The van der Waals surface area contributed by atoms with Gasteiger partial charge in [0.25, 0.3) is 0 Å². The Bertz CT molecular complexity index is 532. The molecular formula is C16H23N3O2S. The first-order valence-corrected chi connectivity index (χ1v) is 9.15. The third-order valence-corrected chi connectivity index (χ3v) is 5.86. The molecule has 0 bridgehead atoms. The second-order valence-electron chi connectivity index (χ2n) is 6.93. The van der Waals surface area contributed by atoms with Crippen molar-refractivity contribution in [2.24, 2.45) is 11.3 Å². The maximum atomic E-state index is 12.4. The van der Waals surface area contributed by atoms with E-state index >= 15 is 0 Å². The largest absolute Gasteiger partial charge is 0.379 e. The molecule has 3 fully saturated rings. The zero-order chi connectivity index (χ0) is 15.0. The van der Waals surface area contributed by atoms with Gasteiger partial charge in [-0.05, 0) is 25.7 Å². The van der Waals surface area contributed by atoms with Crippen molar-refractivity contribution in [2.45, 2.75) is 25.7 Å². The molecular weight excluding hydrogens is 298 g/mol. The van der Waals surface area contributed by atoms with Crippen LogP contribution in [-0.2, 0) is 9.53 Å². The number of piperidine rings is 1. The maximum Gasteiger partial charge on any atom is 0.225 e. The first kappa shape index (κ1) is 14.5. The Kier molecular flexibility index (Phi) is 3.82. The lowest BCUT2D eigenvalue weighted by molar-refractivity contribution is -0.136. The topological polar surface area (TPSA) is 45.7 Å². The smallest absolute Gasteiger partial charge is 0.225 e. The lowest BCUT2D eigenvalue weighted by atomic mass is 9.80. The molecule has 4 rings (SSSR count). The molecule has 0 N–H and O–H groups in total. The van der Waals surface area contributed by atoms with Crippen molar-refractivity contribution in [1.29, 1.82) is 0 Å². The van der Waals surface area contributed by atoms with Crippen molar-refractivity contribution in [3.05, 3.63) is 11.6 Å². The molecule has 2 aliphatic heterocycles. The predicted octanol–water partition coefficient (Wildman–Crippen LogP) is 2.00. The van der Waals surface area contributed by atoms with Crippen LogP contribution in [0.25, 0.3) is 0 Å². The molecule has 5 nitrogen and oxygen atoms in total. The molecule has 1 aliphatic carbocycles. The minimum absolute atomic E-state index is 0.0744. The van der Waals surface area contributed by atoms with Crippen molar-refractivity contribution in [3.63, 3.8) is 0 Å². The summed E-state index contributed by atoms with van der Waals surface area (Å²) in [7, 11) is 0. The average Bonchev–Trinajstić information content (AvgIpc) is 3.28. The van der Waals surface area contributed by atoms with Gasteiger partial charge in [-0.25, -0.2) is 4.98 Å². The molecule has 1 spiro atoms. The Balaban J connectivity index is 1.51. The van der Waals surface area contributed by atoms with Gasteiger partial charge in [-0.15, -0.1) is 11.3 Å². The SMILES string of the molecule is O=C(C1CC1)N1CCCC2(COCCN(c3nccs3)C2)C1. The van der Waals surface area contributed by atoms with Crippen molar-refractivity contribution < 1.29 is 9.53 Å². The summed E-state index contributed by atoms with van der Waals surface area (Å²) < 4.78 is 5.92. The van der Waals surface area contributed by atoms with Crippen LogP contribution in [0.5, 0.6) is 0 Å². The van der Waals surface area contributed by atoms with Crippen LogP contribution in [0, 0.1) is 11.3 Å². The Morgan fingerprint density at radius 1 is 1.36 bits per heavy atom. The standard InChI is InChI=1S/C16H23N3O2S/c20-14(13-2-3-13)18-6-1-4-16(10-18)11-19(7-8-21-12-16)15-17-5-9-22-15/h5,9,13H,1-4,6-8,10-12H2. The maximum absolute atomic E-state index is 12.4. The Labute approximate surface area is 135 Å². The van der Waals surface area contributed by atoms with Gasteiger partial charge in [0.2, 0.25) is 5.91 Å². The predicted molar refractivity (Wildman–Crippen MR) is 86.1 cm³/mol. The molecule has 1 amide bonds. The summed E-state index contributed by atoms with van der Waals surface area (Å²) in [5, 5.41) is 3.10. The van der Waals surface area contributed by atoms with Gasteiger partial charge in [0.05, 0.1) is 13.2 Å². The van der Waals surface area contributed by atoms with Crippen LogP contribution >= 0.6 is 11.3 Å². The minimum Gasteiger partial charge on any atom is -0.379 e. The minimum atomic E-state index is 0.0744. The van der Waals surface area contributed by atoms with E-state index in [1.807, 2.05) is 11.6 Å². The van der Waals surface area contributed by atoms with Gasteiger partial charge in [0, 0.05) is 49.1 Å². The summed E-state index contributed by atoms with van der Waals surface area (Å²) >= 11 is 1.69. The average molecular weight is 321 g/mol. The number of carbonyl (C=O) groups is 1. The highest BCUT2D eigenvalue weighted by Gasteiger charge is 2.43. The number of carbonyl (C=O) groups excluding carboxylic acids is 1. The molecule has 3 aliphatic rings. The number of aromatic nitrogens is 1. The van der Waals surface area contributed by atoms with Crippen LogP contribution < -0.4 is 4.90 Å². The summed E-state index contributed by atoms with van der Waals surface area (Å²) in [5.41, 5.74) is 0.0744. The van der Waals surface area contributed by atoms with E-state index in [4.69, 9.17) is 4.74 Å². The zero-order valence-electron chi connectivity index (χ0n) is 12.9. The van der Waals surface area contributed by atoms with E-state index in [9.17, 15) is 4.79 Å². The van der Waals surface area contributed by atoms with Crippen molar-refractivity contribution in [2.75, 3.05) is 44.3 Å². The molecule has 6 heteroatoms. The molecule has 0 aromatic carbocycles. The van der Waals surface area contributed by atoms with Gasteiger partial charge in [-0.2, -0.15) is 0 Å². The van der Waals surface area contributed by atoms with E-state index in [1.165, 1.54) is 0 Å². The molecule has 2 saturated heterocycles. The molecule has 120 valence electrons. The second kappa shape index (κ2) is 5.81. The van der Waals surface area contributed by atoms with Crippen LogP contribution in [0.2, 0.25) is 0 Å². The van der Waals surface area contributed by atoms with Crippen LogP contribution in [0.1, 0.15) is 25.7 Å². The number of anilines is 1. The lowest BCUT2D eigenvalue weighted by Gasteiger charge is -2.43. The normalized spacial score (nSPS) is 29.6. The summed E-state index contributed by atoms with van der Waals surface area (Å²) in [5.74, 6) is 0.695. The zero-order valence-corrected chi connectivity index (χ0v) is 13.7. The number of rotatable bonds is 2. The Hall–Kier alpha value is -1.14. The van der Waals surface area contributed by atoms with E-state index in [1.54, 1.807) is 11.3 Å². The number of ether oxygens (including phenoxy) is 1. The quantitative estimate of drug-likeness (QED) is 0.836. The van der Waals surface area contributed by atoms with Crippen molar-refractivity contribution in [3.8, 4) is 0 Å². The fourth-order valence-corrected chi connectivity index (χ4v) is 4.43. The van der Waals surface area contributed by atoms with E-state index in [0.717, 1.165) is 70.2 Å². The number of amides is 1. The highest BCUT2D eigenvalue weighted by molar-refractivity contribution is 7.13. The van der Waals surface area contributed by atoms with E-state index < -0.39 is 0 Å². The molecule has 22 heavy (non-hydrogen) atoms. The molecule has 1 unspecified atom stereocenters. The van der Waals surface area contributed by atoms with E-state index in [-0.39, 0.29) is 5.41 Å². The van der Waals surface area contributed by atoms with Gasteiger partial charge in [-0.1, -0.05) is 0 Å². The molecule has 1 aromatic heterocycles. The van der Waals surface area contributed by atoms with Gasteiger partial charge in [0.15, 0.2) is 5.13 Å². The van der Waals surface area contributed by atoms with Crippen molar-refractivity contribution in [1.82, 2.24) is 9.88 Å². The molecule has 1 saturated carbocycles. The summed E-state index contributed by atoms with van der Waals surface area (Å²) in [4.78, 5) is 21.4. The highest BCUT2D eigenvalue weighted by atomic mass is 32.1. The first-order valence-electron chi connectivity index (χ1n) is 8.27. The number of likely N-dealkylation sites (tertiary alicyclic amines) is 1. The molecule has 1 atom stereocenters. The van der Waals surface area contributed by atoms with E-state index in [2.05, 4.69) is 14.8 Å². The van der Waals surface area contributed by atoms with Gasteiger partial charge >= 0.3 is 0 Å². The van der Waals surface area contributed by atoms with Gasteiger partial charge < -0.3 is 14.5 Å². The van der Waals surface area contributed by atoms with Crippen molar-refractivity contribution >= 4 is 22.4 Å². The first-order chi connectivity index (χ1) is 10.8. The summed E-state index contributed by atoms with van der Waals surface area (Å²) in [6, 6.07) is 0. The van der Waals surface area contributed by atoms with Crippen LogP contribution in [0.3, 0.4) is 0 Å². The monoisotopic (exact) mass is 321 g/mol. The summed E-state index contributed by atoms with van der Waals surface area (Å²) in [6.45, 7) is 5.14. The molecule has 3 heterocycles. The fraction of sp³-hybridized carbons (Fsp3) is 0.750. The third kappa shape index (κ3) is 2.86. The Morgan fingerprint density at radius 3 is 3.05 bits per heavy atom. The van der Waals surface area contributed by atoms with Crippen LogP contribution in [0.4, 0.5) is 5.13 Å². The van der Waals surface area contributed by atoms with Gasteiger partial charge in [0.1, 0.15) is 0 Å². The lowest BCUT2D eigenvalue weighted by Crippen LogP contribution is -2.52. The third-order valence-electron chi connectivity index (χ3n) is 5.03. The number of hydrogen-bond donors (Lipinski definition) is 0. The molecule has 1 aromatic rings. The number of thiazole rings is 1. The highest BCUT2D eigenvalue weighted by Crippen LogP contribution is 2.38. The number of nitrogens with zero attached hydrogens (tertiary/aromatic N) is 3. The second-order valence-corrected chi connectivity index (χ2v) is 7.80.